The maximum absolute atomic E-state index is 6.38. The number of benzene rings is 5. The first kappa shape index (κ1) is 33.4. The van der Waals surface area contributed by atoms with E-state index >= 15 is 0 Å². The number of aromatic nitrogens is 2. The number of pyridine rings is 2. The summed E-state index contributed by atoms with van der Waals surface area (Å²) in [4.78, 5) is 9.54. The van der Waals surface area contributed by atoms with E-state index in [0.717, 1.165) is 89.8 Å². The number of aryl methyl sites for hydroxylation is 1. The molecule has 4 heteroatoms. The summed E-state index contributed by atoms with van der Waals surface area (Å²) in [7, 11) is 0. The van der Waals surface area contributed by atoms with Gasteiger partial charge in [-0.05, 0) is 64.6 Å². The monoisotopic (exact) mass is 827 g/mol. The van der Waals surface area contributed by atoms with E-state index in [1.807, 2.05) is 43.6 Å². The van der Waals surface area contributed by atoms with Gasteiger partial charge in [0.25, 0.3) is 0 Å². The van der Waals surface area contributed by atoms with Crippen molar-refractivity contribution in [2.45, 2.75) is 34.1 Å². The van der Waals surface area contributed by atoms with E-state index < -0.39 is 0 Å². The molecule has 0 saturated heterocycles. The van der Waals surface area contributed by atoms with Gasteiger partial charge in [-0.3, -0.25) is 9.97 Å². The molecule has 246 valence electrons. The molecule has 3 aromatic heterocycles. The summed E-state index contributed by atoms with van der Waals surface area (Å²) in [5.41, 5.74) is 12.4. The molecule has 0 N–H and O–H groups in total. The van der Waals surface area contributed by atoms with Crippen molar-refractivity contribution in [3.63, 3.8) is 0 Å². The molecule has 3 heterocycles. The molecular formula is C46H36N2OPt. The van der Waals surface area contributed by atoms with Gasteiger partial charge in [0, 0.05) is 23.8 Å². The van der Waals surface area contributed by atoms with Crippen molar-refractivity contribution >= 4 is 21.7 Å². The van der Waals surface area contributed by atoms with Crippen LogP contribution in [0, 0.1) is 24.5 Å². The van der Waals surface area contributed by atoms with E-state index in [0.29, 0.717) is 0 Å². The van der Waals surface area contributed by atoms with Crippen LogP contribution in [0.15, 0.2) is 138 Å². The van der Waals surface area contributed by atoms with E-state index in [1.165, 1.54) is 5.56 Å². The van der Waals surface area contributed by atoms with Gasteiger partial charge in [0.1, 0.15) is 0 Å². The van der Waals surface area contributed by atoms with Crippen molar-refractivity contribution in [1.29, 1.82) is 0 Å². The van der Waals surface area contributed by atoms with E-state index in [9.17, 15) is 0 Å². The second-order valence-electron chi connectivity index (χ2n) is 14.0. The molecule has 5 aromatic carbocycles. The predicted octanol–water partition coefficient (Wildman–Crippen LogP) is 12.2. The Bertz CT molecular complexity index is 2380. The minimum absolute atomic E-state index is 0. The van der Waals surface area contributed by atoms with Crippen LogP contribution in [0.1, 0.15) is 32.1 Å². The Morgan fingerprint density at radius 2 is 1.34 bits per heavy atom. The Labute approximate surface area is 308 Å². The molecule has 0 fully saturated rings. The molecule has 0 aliphatic heterocycles. The van der Waals surface area contributed by atoms with Crippen molar-refractivity contribution in [1.82, 2.24) is 9.97 Å². The Morgan fingerprint density at radius 3 is 2.10 bits per heavy atom. The van der Waals surface area contributed by atoms with Crippen LogP contribution in [0.25, 0.3) is 77.6 Å². The number of rotatable bonds is 6. The number of fused-ring (bicyclic) bond motifs is 3. The number of nitrogens with zero attached hydrogens (tertiary/aromatic N) is 2. The molecule has 0 aliphatic rings. The summed E-state index contributed by atoms with van der Waals surface area (Å²) in [6.45, 7) is 8.82. The summed E-state index contributed by atoms with van der Waals surface area (Å²) < 4.78 is 6.38. The van der Waals surface area contributed by atoms with E-state index in [1.54, 1.807) is 0 Å². The molecule has 0 aliphatic carbocycles. The van der Waals surface area contributed by atoms with Gasteiger partial charge < -0.3 is 4.42 Å². The van der Waals surface area contributed by atoms with Crippen LogP contribution < -0.4 is 0 Å². The Kier molecular flexibility index (Phi) is 9.12. The first-order valence-electron chi connectivity index (χ1n) is 16.8. The fourth-order valence-electron chi connectivity index (χ4n) is 6.74. The van der Waals surface area contributed by atoms with Crippen molar-refractivity contribution in [3.8, 4) is 55.9 Å². The van der Waals surface area contributed by atoms with E-state index in [2.05, 4.69) is 135 Å². The van der Waals surface area contributed by atoms with Crippen molar-refractivity contribution in [3.05, 3.63) is 157 Å². The minimum atomic E-state index is 0. The summed E-state index contributed by atoms with van der Waals surface area (Å²) in [5.74, 6) is 0.850. The van der Waals surface area contributed by atoms with Gasteiger partial charge in [0.05, 0.1) is 11.3 Å². The SMILES string of the molecule is Cc1cc2c(o1)c(-c1cc(-c3ccc(CC(C)(C)C)cc3)ccn1)[c-]c1c(-c3[c-]c(-c4ccccn4)cc(-c4ccccc4)c3)cccc12.[Pt+2]. The summed E-state index contributed by atoms with van der Waals surface area (Å²) in [5, 5.41) is 3.13. The average Bonchev–Trinajstić information content (AvgIpc) is 3.53. The van der Waals surface area contributed by atoms with Gasteiger partial charge in [0.2, 0.25) is 0 Å². The third-order valence-electron chi connectivity index (χ3n) is 8.93. The van der Waals surface area contributed by atoms with Crippen LogP contribution in [0.2, 0.25) is 0 Å². The number of hydrogen-bond acceptors (Lipinski definition) is 3. The first-order valence-corrected chi connectivity index (χ1v) is 16.8. The molecule has 0 saturated carbocycles. The fourth-order valence-corrected chi connectivity index (χ4v) is 6.74. The van der Waals surface area contributed by atoms with Gasteiger partial charge in [-0.2, -0.15) is 0 Å². The minimum Gasteiger partial charge on any atom is -0.496 e. The Hall–Kier alpha value is -5.11. The molecule has 0 radical (unpaired) electrons. The third-order valence-corrected chi connectivity index (χ3v) is 8.93. The molecule has 0 atom stereocenters. The summed E-state index contributed by atoms with van der Waals surface area (Å²) in [6, 6.07) is 50.1. The molecule has 8 aromatic rings. The van der Waals surface area contributed by atoms with Crippen LogP contribution in [-0.4, -0.2) is 9.97 Å². The van der Waals surface area contributed by atoms with Crippen LogP contribution in [-0.2, 0) is 27.5 Å². The maximum Gasteiger partial charge on any atom is 2.00 e. The Morgan fingerprint density at radius 1 is 0.600 bits per heavy atom. The Balaban J connectivity index is 0.00000392. The van der Waals surface area contributed by atoms with Crippen LogP contribution in [0.4, 0.5) is 0 Å². The van der Waals surface area contributed by atoms with Crippen LogP contribution in [0.5, 0.6) is 0 Å². The standard InChI is InChI=1S/C46H36N2O.Pt/c1-30-23-41-39-14-10-13-38(36-24-35(32-11-6-5-7-12-32)25-37(26-36)43-15-8-9-21-47-43)40(39)28-42(45(41)49-30)44-27-34(20-22-48-44)33-18-16-31(17-19-33)29-46(2,3)4;/h5-25,27H,29H2,1-4H3;/q-2;+2. The quantitative estimate of drug-likeness (QED) is 0.157. The molecule has 0 spiro atoms. The normalized spacial score (nSPS) is 11.5. The molecule has 0 bridgehead atoms. The van der Waals surface area contributed by atoms with Crippen molar-refractivity contribution < 1.29 is 25.5 Å². The van der Waals surface area contributed by atoms with Gasteiger partial charge in [-0.1, -0.05) is 139 Å². The summed E-state index contributed by atoms with van der Waals surface area (Å²) in [6.07, 6.45) is 4.75. The predicted molar refractivity (Wildman–Crippen MR) is 202 cm³/mol. The largest absolute Gasteiger partial charge is 2.00 e. The van der Waals surface area contributed by atoms with Crippen LogP contribution >= 0.6 is 0 Å². The summed E-state index contributed by atoms with van der Waals surface area (Å²) >= 11 is 0. The second kappa shape index (κ2) is 13.7. The smallest absolute Gasteiger partial charge is 0.496 e. The molecular weight excluding hydrogens is 792 g/mol. The molecule has 0 amide bonds. The van der Waals surface area contributed by atoms with Gasteiger partial charge in [-0.15, -0.1) is 35.2 Å². The van der Waals surface area contributed by atoms with Crippen molar-refractivity contribution in [2.75, 3.05) is 0 Å². The molecule has 3 nitrogen and oxygen atoms in total. The zero-order valence-electron chi connectivity index (χ0n) is 28.5. The maximum atomic E-state index is 6.38. The molecule has 0 unspecified atom stereocenters. The van der Waals surface area contributed by atoms with Gasteiger partial charge >= 0.3 is 21.1 Å². The zero-order chi connectivity index (χ0) is 33.5. The number of furan rings is 1. The van der Waals surface area contributed by atoms with Gasteiger partial charge in [0.15, 0.2) is 0 Å². The van der Waals surface area contributed by atoms with E-state index in [-0.39, 0.29) is 26.5 Å². The zero-order valence-corrected chi connectivity index (χ0v) is 30.8. The van der Waals surface area contributed by atoms with E-state index in [4.69, 9.17) is 9.40 Å². The number of hydrogen-bond donors (Lipinski definition) is 0. The second-order valence-corrected chi connectivity index (χ2v) is 14.0. The average molecular weight is 828 g/mol. The first-order chi connectivity index (χ1) is 23.8. The molecule has 8 rings (SSSR count). The topological polar surface area (TPSA) is 38.9 Å². The van der Waals surface area contributed by atoms with Gasteiger partial charge in [-0.25, -0.2) is 0 Å². The van der Waals surface area contributed by atoms with Crippen LogP contribution in [0.3, 0.4) is 0 Å². The molecule has 50 heavy (non-hydrogen) atoms. The fraction of sp³-hybridized carbons (Fsp3) is 0.130. The third kappa shape index (κ3) is 6.71. The van der Waals surface area contributed by atoms with Crippen molar-refractivity contribution in [2.24, 2.45) is 5.41 Å².